The molecule has 3 rings (SSSR count). The minimum atomic E-state index is -0.397. The van der Waals surface area contributed by atoms with Gasteiger partial charge >= 0.3 is 0 Å². The molecule has 5 heteroatoms. The molecular formula is C16H15ClN2O2. The molecule has 21 heavy (non-hydrogen) atoms. The first kappa shape index (κ1) is 13.9. The van der Waals surface area contributed by atoms with Crippen LogP contribution in [-0.4, -0.2) is 4.92 Å². The van der Waals surface area contributed by atoms with E-state index in [9.17, 15) is 10.1 Å². The van der Waals surface area contributed by atoms with E-state index in [-0.39, 0.29) is 5.69 Å². The standard InChI is InChI=1S/C16H15ClN2O2/c17-14-6-4-13(16(9-14)19(20)21)10-18-15-7-5-11-2-1-3-12(11)8-15/h4-9,18H,1-3,10H2. The topological polar surface area (TPSA) is 55.2 Å². The fourth-order valence-corrected chi connectivity index (χ4v) is 2.90. The van der Waals surface area contributed by atoms with Crippen LogP contribution >= 0.6 is 11.6 Å². The third-order valence-corrected chi connectivity index (χ3v) is 4.06. The van der Waals surface area contributed by atoms with Gasteiger partial charge in [0.1, 0.15) is 0 Å². The molecule has 0 saturated heterocycles. The van der Waals surface area contributed by atoms with Crippen LogP contribution in [0.1, 0.15) is 23.1 Å². The smallest absolute Gasteiger partial charge is 0.275 e. The highest BCUT2D eigenvalue weighted by molar-refractivity contribution is 6.30. The maximum absolute atomic E-state index is 11.1. The van der Waals surface area contributed by atoms with Gasteiger partial charge in [0.25, 0.3) is 5.69 Å². The number of nitro groups is 1. The summed E-state index contributed by atoms with van der Waals surface area (Å²) in [6, 6.07) is 11.1. The lowest BCUT2D eigenvalue weighted by Crippen LogP contribution is -2.03. The summed E-state index contributed by atoms with van der Waals surface area (Å²) in [4.78, 5) is 10.7. The van der Waals surface area contributed by atoms with Crippen LogP contribution in [0.2, 0.25) is 5.02 Å². The van der Waals surface area contributed by atoms with Crippen molar-refractivity contribution in [1.82, 2.24) is 0 Å². The highest BCUT2D eigenvalue weighted by Gasteiger charge is 2.15. The van der Waals surface area contributed by atoms with Crippen molar-refractivity contribution in [2.45, 2.75) is 25.8 Å². The average molecular weight is 303 g/mol. The zero-order valence-corrected chi connectivity index (χ0v) is 12.2. The van der Waals surface area contributed by atoms with Crippen LogP contribution < -0.4 is 5.32 Å². The van der Waals surface area contributed by atoms with E-state index in [0.29, 0.717) is 17.1 Å². The van der Waals surface area contributed by atoms with E-state index < -0.39 is 4.92 Å². The van der Waals surface area contributed by atoms with Gasteiger partial charge in [-0.2, -0.15) is 0 Å². The maximum Gasteiger partial charge on any atom is 0.275 e. The number of benzene rings is 2. The molecular weight excluding hydrogens is 288 g/mol. The van der Waals surface area contributed by atoms with E-state index >= 15 is 0 Å². The number of hydrogen-bond donors (Lipinski definition) is 1. The van der Waals surface area contributed by atoms with Crippen molar-refractivity contribution in [2.75, 3.05) is 5.32 Å². The largest absolute Gasteiger partial charge is 0.381 e. The zero-order chi connectivity index (χ0) is 14.8. The Morgan fingerprint density at radius 2 is 1.95 bits per heavy atom. The van der Waals surface area contributed by atoms with Crippen LogP contribution in [0, 0.1) is 10.1 Å². The van der Waals surface area contributed by atoms with Gasteiger partial charge in [0, 0.05) is 28.9 Å². The summed E-state index contributed by atoms with van der Waals surface area (Å²) in [5.41, 5.74) is 4.48. The maximum atomic E-state index is 11.1. The van der Waals surface area contributed by atoms with Crippen molar-refractivity contribution in [1.29, 1.82) is 0 Å². The number of hydrogen-bond acceptors (Lipinski definition) is 3. The number of aryl methyl sites for hydroxylation is 2. The van der Waals surface area contributed by atoms with Crippen molar-refractivity contribution < 1.29 is 4.92 Å². The Balaban J connectivity index is 1.77. The number of nitrogens with zero attached hydrogens (tertiary/aromatic N) is 1. The van der Waals surface area contributed by atoms with Crippen LogP contribution in [0.15, 0.2) is 36.4 Å². The van der Waals surface area contributed by atoms with Gasteiger partial charge in [0.05, 0.1) is 4.92 Å². The zero-order valence-electron chi connectivity index (χ0n) is 11.4. The SMILES string of the molecule is O=[N+]([O-])c1cc(Cl)ccc1CNc1ccc2c(c1)CCC2. The Hall–Kier alpha value is -2.07. The van der Waals surface area contributed by atoms with Gasteiger partial charge in [-0.15, -0.1) is 0 Å². The van der Waals surface area contributed by atoms with Gasteiger partial charge in [-0.1, -0.05) is 17.7 Å². The van der Waals surface area contributed by atoms with E-state index in [1.165, 1.54) is 23.6 Å². The summed E-state index contributed by atoms with van der Waals surface area (Å²) < 4.78 is 0. The molecule has 0 bridgehead atoms. The lowest BCUT2D eigenvalue weighted by Gasteiger charge is -2.09. The number of nitro benzene ring substituents is 1. The molecule has 0 saturated carbocycles. The molecule has 2 aromatic carbocycles. The number of rotatable bonds is 4. The lowest BCUT2D eigenvalue weighted by molar-refractivity contribution is -0.385. The molecule has 0 amide bonds. The van der Waals surface area contributed by atoms with Gasteiger partial charge < -0.3 is 5.32 Å². The Labute approximate surface area is 127 Å². The van der Waals surface area contributed by atoms with Gasteiger partial charge in [-0.25, -0.2) is 0 Å². The Bertz CT molecular complexity index is 701. The molecule has 1 aliphatic rings. The molecule has 1 aliphatic carbocycles. The second kappa shape index (κ2) is 5.74. The first-order valence-electron chi connectivity index (χ1n) is 6.92. The van der Waals surface area contributed by atoms with E-state index in [0.717, 1.165) is 18.5 Å². The summed E-state index contributed by atoms with van der Waals surface area (Å²) in [5, 5.41) is 14.7. The van der Waals surface area contributed by atoms with Gasteiger partial charge in [0.2, 0.25) is 0 Å². The fraction of sp³-hybridized carbons (Fsp3) is 0.250. The minimum Gasteiger partial charge on any atom is -0.381 e. The molecule has 108 valence electrons. The first-order valence-corrected chi connectivity index (χ1v) is 7.30. The predicted octanol–water partition coefficient (Wildman–Crippen LogP) is 4.35. The molecule has 0 atom stereocenters. The van der Waals surface area contributed by atoms with E-state index in [1.54, 1.807) is 12.1 Å². The van der Waals surface area contributed by atoms with Crippen molar-refractivity contribution in [3.8, 4) is 0 Å². The van der Waals surface area contributed by atoms with Crippen molar-refractivity contribution >= 4 is 23.0 Å². The normalized spacial score (nSPS) is 13.0. The van der Waals surface area contributed by atoms with Crippen LogP contribution in [-0.2, 0) is 19.4 Å². The molecule has 2 aromatic rings. The second-order valence-corrected chi connectivity index (χ2v) is 5.66. The molecule has 4 nitrogen and oxygen atoms in total. The third-order valence-electron chi connectivity index (χ3n) is 3.83. The summed E-state index contributed by atoms with van der Waals surface area (Å²) in [6.45, 7) is 0.409. The number of nitrogens with one attached hydrogen (secondary N) is 1. The van der Waals surface area contributed by atoms with E-state index in [1.807, 2.05) is 6.07 Å². The first-order chi connectivity index (χ1) is 10.1. The monoisotopic (exact) mass is 302 g/mol. The van der Waals surface area contributed by atoms with Gasteiger partial charge in [0.15, 0.2) is 0 Å². The molecule has 1 N–H and O–H groups in total. The third kappa shape index (κ3) is 3.00. The number of fused-ring (bicyclic) bond motifs is 1. The Morgan fingerprint density at radius 1 is 1.14 bits per heavy atom. The molecule has 0 aromatic heterocycles. The Morgan fingerprint density at radius 3 is 2.76 bits per heavy atom. The lowest BCUT2D eigenvalue weighted by atomic mass is 10.1. The fourth-order valence-electron chi connectivity index (χ4n) is 2.74. The highest BCUT2D eigenvalue weighted by Crippen LogP contribution is 2.27. The summed E-state index contributed by atoms with van der Waals surface area (Å²) in [6.07, 6.45) is 3.48. The second-order valence-electron chi connectivity index (χ2n) is 5.22. The molecule has 0 heterocycles. The van der Waals surface area contributed by atoms with Gasteiger partial charge in [-0.3, -0.25) is 10.1 Å². The summed E-state index contributed by atoms with van der Waals surface area (Å²) in [5.74, 6) is 0. The molecule has 0 unspecified atom stereocenters. The minimum absolute atomic E-state index is 0.0520. The molecule has 0 fully saturated rings. The highest BCUT2D eigenvalue weighted by atomic mass is 35.5. The molecule has 0 spiro atoms. The van der Waals surface area contributed by atoms with Crippen molar-refractivity contribution in [3.05, 3.63) is 68.2 Å². The van der Waals surface area contributed by atoms with Crippen LogP contribution in [0.3, 0.4) is 0 Å². The van der Waals surface area contributed by atoms with E-state index in [4.69, 9.17) is 11.6 Å². The van der Waals surface area contributed by atoms with Crippen molar-refractivity contribution in [2.24, 2.45) is 0 Å². The predicted molar refractivity (Wildman–Crippen MR) is 83.9 cm³/mol. The Kier molecular flexibility index (Phi) is 3.80. The van der Waals surface area contributed by atoms with E-state index in [2.05, 4.69) is 17.4 Å². The summed E-state index contributed by atoms with van der Waals surface area (Å²) >= 11 is 5.82. The molecule has 0 radical (unpaired) electrons. The van der Waals surface area contributed by atoms with Crippen LogP contribution in [0.4, 0.5) is 11.4 Å². The number of halogens is 1. The van der Waals surface area contributed by atoms with Crippen LogP contribution in [0.5, 0.6) is 0 Å². The summed E-state index contributed by atoms with van der Waals surface area (Å²) in [7, 11) is 0. The van der Waals surface area contributed by atoms with Crippen molar-refractivity contribution in [3.63, 3.8) is 0 Å². The van der Waals surface area contributed by atoms with Gasteiger partial charge in [-0.05, 0) is 54.7 Å². The molecule has 0 aliphatic heterocycles. The quantitative estimate of drug-likeness (QED) is 0.675. The average Bonchev–Trinajstić information content (AvgIpc) is 2.93. The van der Waals surface area contributed by atoms with Crippen LogP contribution in [0.25, 0.3) is 0 Å². The number of anilines is 1.